The first-order valence-corrected chi connectivity index (χ1v) is 8.46. The number of amides is 1. The van der Waals surface area contributed by atoms with E-state index in [2.05, 4.69) is 19.2 Å². The van der Waals surface area contributed by atoms with Crippen LogP contribution in [0.5, 0.6) is 0 Å². The van der Waals surface area contributed by atoms with Crippen LogP contribution in [-0.4, -0.2) is 23.5 Å². The van der Waals surface area contributed by atoms with E-state index in [0.717, 1.165) is 18.3 Å². The normalized spacial score (nSPS) is 37.4. The summed E-state index contributed by atoms with van der Waals surface area (Å²) in [5, 5.41) is 12.0. The second-order valence-corrected chi connectivity index (χ2v) is 7.85. The molecule has 0 saturated heterocycles. The minimum absolute atomic E-state index is 0.0572. The number of fused-ring (bicyclic) bond motifs is 5. The molecule has 5 atom stereocenters. The molecule has 3 saturated carbocycles. The predicted molar refractivity (Wildman–Crippen MR) is 79.5 cm³/mol. The Bertz CT molecular complexity index is 418. The van der Waals surface area contributed by atoms with Crippen molar-refractivity contribution in [2.24, 2.45) is 41.4 Å². The highest BCUT2D eigenvalue weighted by Crippen LogP contribution is 2.69. The van der Waals surface area contributed by atoms with Gasteiger partial charge in [0, 0.05) is 18.9 Å². The van der Waals surface area contributed by atoms with Crippen LogP contribution in [0, 0.1) is 41.4 Å². The summed E-state index contributed by atoms with van der Waals surface area (Å²) in [6.45, 7) is 4.72. The van der Waals surface area contributed by atoms with E-state index >= 15 is 0 Å². The minimum atomic E-state index is -0.767. The average molecular weight is 293 g/mol. The number of nitrogens with one attached hydrogen (secondary N) is 1. The van der Waals surface area contributed by atoms with Crippen LogP contribution >= 0.6 is 0 Å². The Labute approximate surface area is 126 Å². The molecule has 118 valence electrons. The number of carbonyl (C=O) groups is 2. The summed E-state index contributed by atoms with van der Waals surface area (Å²) in [7, 11) is 0. The first-order valence-electron chi connectivity index (χ1n) is 8.46. The molecule has 21 heavy (non-hydrogen) atoms. The van der Waals surface area contributed by atoms with Crippen LogP contribution in [0.25, 0.3) is 0 Å². The lowest BCUT2D eigenvalue weighted by molar-refractivity contribution is -0.138. The maximum absolute atomic E-state index is 12.4. The van der Waals surface area contributed by atoms with Crippen LogP contribution in [0.4, 0.5) is 0 Å². The van der Waals surface area contributed by atoms with E-state index in [1.807, 2.05) is 0 Å². The summed E-state index contributed by atoms with van der Waals surface area (Å²) in [6.07, 6.45) is 5.01. The van der Waals surface area contributed by atoms with Gasteiger partial charge in [0.25, 0.3) is 0 Å². The van der Waals surface area contributed by atoms with Crippen molar-refractivity contribution >= 4 is 11.9 Å². The van der Waals surface area contributed by atoms with E-state index in [4.69, 9.17) is 5.11 Å². The van der Waals surface area contributed by atoms with Gasteiger partial charge in [0.2, 0.25) is 5.91 Å². The molecule has 3 aliphatic rings. The van der Waals surface area contributed by atoms with Crippen LogP contribution < -0.4 is 5.32 Å². The van der Waals surface area contributed by atoms with Gasteiger partial charge in [0.1, 0.15) is 0 Å². The topological polar surface area (TPSA) is 66.4 Å². The second kappa shape index (κ2) is 5.62. The molecule has 2 bridgehead atoms. The number of carboxylic acid groups (broad SMARTS) is 1. The van der Waals surface area contributed by atoms with Gasteiger partial charge in [-0.3, -0.25) is 9.59 Å². The molecule has 4 heteroatoms. The molecular weight excluding hydrogens is 266 g/mol. The Morgan fingerprint density at radius 1 is 1.19 bits per heavy atom. The molecule has 0 aromatic rings. The van der Waals surface area contributed by atoms with Crippen molar-refractivity contribution in [1.29, 1.82) is 0 Å². The van der Waals surface area contributed by atoms with E-state index in [-0.39, 0.29) is 24.2 Å². The monoisotopic (exact) mass is 293 g/mol. The SMILES string of the molecule is CC(C)CC(CNC(=O)C1C2C3CCC(C3)C12)CC(=O)O. The van der Waals surface area contributed by atoms with Crippen molar-refractivity contribution in [2.75, 3.05) is 6.54 Å². The molecule has 0 spiro atoms. The highest BCUT2D eigenvalue weighted by molar-refractivity contribution is 5.82. The lowest BCUT2D eigenvalue weighted by Gasteiger charge is -2.18. The minimum Gasteiger partial charge on any atom is -0.481 e. The fraction of sp³-hybridized carbons (Fsp3) is 0.882. The van der Waals surface area contributed by atoms with Gasteiger partial charge in [0.05, 0.1) is 0 Å². The van der Waals surface area contributed by atoms with Crippen molar-refractivity contribution in [3.8, 4) is 0 Å². The van der Waals surface area contributed by atoms with Crippen LogP contribution in [0.15, 0.2) is 0 Å². The zero-order valence-electron chi connectivity index (χ0n) is 13.0. The van der Waals surface area contributed by atoms with Gasteiger partial charge >= 0.3 is 5.97 Å². The molecule has 2 N–H and O–H groups in total. The Morgan fingerprint density at radius 2 is 1.81 bits per heavy atom. The number of aliphatic carboxylic acids is 1. The summed E-state index contributed by atoms with van der Waals surface area (Å²) in [5.74, 6) is 3.13. The molecule has 0 aromatic carbocycles. The summed E-state index contributed by atoms with van der Waals surface area (Å²) in [5.41, 5.74) is 0. The zero-order valence-corrected chi connectivity index (χ0v) is 13.0. The Hall–Kier alpha value is -1.06. The zero-order chi connectivity index (χ0) is 15.1. The summed E-state index contributed by atoms with van der Waals surface area (Å²) >= 11 is 0. The van der Waals surface area contributed by atoms with E-state index in [1.165, 1.54) is 19.3 Å². The molecule has 0 heterocycles. The molecule has 0 radical (unpaired) electrons. The second-order valence-electron chi connectivity index (χ2n) is 7.85. The molecule has 0 aliphatic heterocycles. The van der Waals surface area contributed by atoms with Gasteiger partial charge in [-0.25, -0.2) is 0 Å². The van der Waals surface area contributed by atoms with Gasteiger partial charge in [-0.05, 0) is 61.2 Å². The number of hydrogen-bond donors (Lipinski definition) is 2. The number of carboxylic acids is 1. The van der Waals surface area contributed by atoms with Crippen molar-refractivity contribution in [2.45, 2.75) is 46.0 Å². The fourth-order valence-corrected chi connectivity index (χ4v) is 5.19. The number of rotatable bonds is 7. The summed E-state index contributed by atoms with van der Waals surface area (Å²) in [4.78, 5) is 23.3. The fourth-order valence-electron chi connectivity index (χ4n) is 5.19. The third-order valence-corrected chi connectivity index (χ3v) is 5.87. The van der Waals surface area contributed by atoms with Crippen molar-refractivity contribution in [3.05, 3.63) is 0 Å². The van der Waals surface area contributed by atoms with Gasteiger partial charge in [-0.2, -0.15) is 0 Å². The molecule has 3 rings (SSSR count). The van der Waals surface area contributed by atoms with Crippen LogP contribution in [0.1, 0.15) is 46.0 Å². The van der Waals surface area contributed by atoms with Crippen LogP contribution in [0.3, 0.4) is 0 Å². The largest absolute Gasteiger partial charge is 0.481 e. The Morgan fingerprint density at radius 3 is 2.33 bits per heavy atom. The molecular formula is C17H27NO3. The maximum atomic E-state index is 12.4. The molecule has 3 fully saturated rings. The third kappa shape index (κ3) is 2.95. The standard InChI is InChI=1S/C17H27NO3/c1-9(2)5-10(6-13(19)20)8-18-17(21)16-14-11-3-4-12(7-11)15(14)16/h9-12,14-16H,3-8H2,1-2H3,(H,18,21)(H,19,20). The quantitative estimate of drug-likeness (QED) is 0.758. The highest BCUT2D eigenvalue weighted by Gasteiger charge is 2.67. The Balaban J connectivity index is 1.47. The first-order chi connectivity index (χ1) is 9.97. The average Bonchev–Trinajstić information content (AvgIpc) is 2.83. The maximum Gasteiger partial charge on any atom is 0.303 e. The number of carbonyl (C=O) groups excluding carboxylic acids is 1. The highest BCUT2D eigenvalue weighted by atomic mass is 16.4. The van der Waals surface area contributed by atoms with Gasteiger partial charge < -0.3 is 10.4 Å². The lowest BCUT2D eigenvalue weighted by Crippen LogP contribution is -2.33. The predicted octanol–water partition coefficient (Wildman–Crippen LogP) is 2.53. The van der Waals surface area contributed by atoms with Gasteiger partial charge in [-0.1, -0.05) is 13.8 Å². The Kier molecular flexibility index (Phi) is 3.98. The molecule has 4 nitrogen and oxygen atoms in total. The number of hydrogen-bond acceptors (Lipinski definition) is 2. The van der Waals surface area contributed by atoms with E-state index < -0.39 is 5.97 Å². The molecule has 0 aromatic heterocycles. The molecule has 3 aliphatic carbocycles. The summed E-state index contributed by atoms with van der Waals surface area (Å²) in [6, 6.07) is 0. The van der Waals surface area contributed by atoms with E-state index in [9.17, 15) is 9.59 Å². The van der Waals surface area contributed by atoms with Crippen molar-refractivity contribution in [3.63, 3.8) is 0 Å². The van der Waals surface area contributed by atoms with Crippen molar-refractivity contribution < 1.29 is 14.7 Å². The van der Waals surface area contributed by atoms with Gasteiger partial charge in [-0.15, -0.1) is 0 Å². The molecule has 1 amide bonds. The lowest BCUT2D eigenvalue weighted by atomic mass is 9.94. The van der Waals surface area contributed by atoms with Crippen molar-refractivity contribution in [1.82, 2.24) is 5.32 Å². The van der Waals surface area contributed by atoms with Gasteiger partial charge in [0.15, 0.2) is 0 Å². The first kappa shape index (κ1) is 14.9. The van der Waals surface area contributed by atoms with Crippen LogP contribution in [0.2, 0.25) is 0 Å². The summed E-state index contributed by atoms with van der Waals surface area (Å²) < 4.78 is 0. The van der Waals surface area contributed by atoms with E-state index in [0.29, 0.717) is 24.3 Å². The van der Waals surface area contributed by atoms with E-state index in [1.54, 1.807) is 0 Å². The third-order valence-electron chi connectivity index (χ3n) is 5.87. The van der Waals surface area contributed by atoms with Crippen LogP contribution in [-0.2, 0) is 9.59 Å². The smallest absolute Gasteiger partial charge is 0.303 e. The molecule has 5 unspecified atom stereocenters.